The van der Waals surface area contributed by atoms with Crippen molar-refractivity contribution in [1.29, 1.82) is 0 Å². The van der Waals surface area contributed by atoms with Crippen LogP contribution in [0.15, 0.2) is 66.7 Å². The summed E-state index contributed by atoms with van der Waals surface area (Å²) < 4.78 is 38.3. The summed E-state index contributed by atoms with van der Waals surface area (Å²) in [5, 5.41) is 0. The van der Waals surface area contributed by atoms with E-state index >= 15 is 0 Å². The molecule has 3 aromatic carbocycles. The zero-order valence-electron chi connectivity index (χ0n) is 15.2. The monoisotopic (exact) mass is 369 g/mol. The van der Waals surface area contributed by atoms with Crippen molar-refractivity contribution in [1.82, 2.24) is 0 Å². The maximum atomic E-state index is 13.6. The summed E-state index contributed by atoms with van der Waals surface area (Å²) in [6, 6.07) is 18.7. The molecule has 0 spiro atoms. The van der Waals surface area contributed by atoms with E-state index in [2.05, 4.69) is 0 Å². The van der Waals surface area contributed by atoms with Crippen LogP contribution >= 0.6 is 0 Å². The van der Waals surface area contributed by atoms with E-state index < -0.39 is 23.8 Å². The highest BCUT2D eigenvalue weighted by Gasteiger charge is 2.20. The molecule has 0 aromatic heterocycles. The van der Waals surface area contributed by atoms with Crippen LogP contribution in [0.1, 0.15) is 35.8 Å². The maximum absolute atomic E-state index is 13.6. The summed E-state index contributed by atoms with van der Waals surface area (Å²) in [6.45, 7) is 1.80. The van der Waals surface area contributed by atoms with E-state index in [0.29, 0.717) is 11.3 Å². The fourth-order valence-corrected chi connectivity index (χ4v) is 2.90. The number of anilines is 1. The molecule has 2 atom stereocenters. The molecule has 3 rings (SSSR count). The van der Waals surface area contributed by atoms with E-state index in [1.807, 2.05) is 42.5 Å². The van der Waals surface area contributed by atoms with E-state index in [0.717, 1.165) is 29.0 Å². The first-order valence-electron chi connectivity index (χ1n) is 8.57. The summed E-state index contributed by atoms with van der Waals surface area (Å²) in [5.41, 5.74) is 8.87. The predicted octanol–water partition coefficient (Wildman–Crippen LogP) is 5.42. The van der Waals surface area contributed by atoms with E-state index in [9.17, 15) is 8.78 Å². The number of methoxy groups -OCH3 is 1. The van der Waals surface area contributed by atoms with Gasteiger partial charge in [-0.1, -0.05) is 30.3 Å². The zero-order chi connectivity index (χ0) is 19.4. The van der Waals surface area contributed by atoms with Crippen molar-refractivity contribution < 1.29 is 18.3 Å². The Kier molecular flexibility index (Phi) is 5.72. The van der Waals surface area contributed by atoms with Gasteiger partial charge >= 0.3 is 0 Å². The first-order valence-corrected chi connectivity index (χ1v) is 8.57. The third-order valence-corrected chi connectivity index (χ3v) is 4.39. The maximum Gasteiger partial charge on any atom is 0.159 e. The van der Waals surface area contributed by atoms with Crippen LogP contribution in [0.25, 0.3) is 0 Å². The van der Waals surface area contributed by atoms with E-state index in [1.165, 1.54) is 6.07 Å². The van der Waals surface area contributed by atoms with Gasteiger partial charge in [0.1, 0.15) is 11.9 Å². The Morgan fingerprint density at radius 2 is 1.52 bits per heavy atom. The Morgan fingerprint density at radius 1 is 0.815 bits per heavy atom. The van der Waals surface area contributed by atoms with E-state index in [-0.39, 0.29) is 0 Å². The number of benzene rings is 3. The van der Waals surface area contributed by atoms with Gasteiger partial charge in [-0.2, -0.15) is 0 Å². The van der Waals surface area contributed by atoms with Gasteiger partial charge in [0.2, 0.25) is 0 Å². The molecule has 140 valence electrons. The normalized spacial score (nSPS) is 13.2. The van der Waals surface area contributed by atoms with Gasteiger partial charge in [-0.3, -0.25) is 0 Å². The predicted molar refractivity (Wildman–Crippen MR) is 102 cm³/mol. The molecule has 0 bridgehead atoms. The van der Waals surface area contributed by atoms with Crippen molar-refractivity contribution in [2.24, 2.45) is 0 Å². The van der Waals surface area contributed by atoms with E-state index in [4.69, 9.17) is 15.2 Å². The lowest BCUT2D eigenvalue weighted by Crippen LogP contribution is -2.11. The number of rotatable bonds is 6. The van der Waals surface area contributed by atoms with Crippen molar-refractivity contribution in [3.05, 3.63) is 95.1 Å². The lowest BCUT2D eigenvalue weighted by molar-refractivity contribution is 0.0179. The van der Waals surface area contributed by atoms with Crippen molar-refractivity contribution in [3.63, 3.8) is 0 Å². The zero-order valence-corrected chi connectivity index (χ0v) is 15.2. The van der Waals surface area contributed by atoms with Crippen molar-refractivity contribution in [3.8, 4) is 5.75 Å². The van der Waals surface area contributed by atoms with Crippen LogP contribution < -0.4 is 10.5 Å². The number of halogens is 2. The first-order chi connectivity index (χ1) is 13.0. The van der Waals surface area contributed by atoms with Gasteiger partial charge in [-0.05, 0) is 60.0 Å². The molecule has 27 heavy (non-hydrogen) atoms. The first kappa shape index (κ1) is 18.9. The highest BCUT2D eigenvalue weighted by Crippen LogP contribution is 2.34. The largest absolute Gasteiger partial charge is 0.497 e. The smallest absolute Gasteiger partial charge is 0.159 e. The summed E-state index contributed by atoms with van der Waals surface area (Å²) >= 11 is 0. The second kappa shape index (κ2) is 8.18. The third kappa shape index (κ3) is 4.44. The van der Waals surface area contributed by atoms with Crippen LogP contribution in [-0.4, -0.2) is 7.11 Å². The molecule has 0 radical (unpaired) electrons. The van der Waals surface area contributed by atoms with Crippen molar-refractivity contribution in [2.45, 2.75) is 19.1 Å². The standard InChI is InChI=1S/C22H21F2NO2/c1-14(16-8-11-20(23)21(24)13-16)27-22(17-4-3-5-18(25)12-17)15-6-9-19(26-2)10-7-15/h3-14,22H,25H2,1-2H3. The molecule has 0 aliphatic carbocycles. The average molecular weight is 369 g/mol. The molecular formula is C22H21F2NO2. The van der Waals surface area contributed by atoms with Gasteiger partial charge in [0.15, 0.2) is 11.6 Å². The second-order valence-electron chi connectivity index (χ2n) is 6.28. The molecule has 2 N–H and O–H groups in total. The minimum Gasteiger partial charge on any atom is -0.497 e. The summed E-state index contributed by atoms with van der Waals surface area (Å²) in [6.07, 6.45) is -0.892. The molecule has 0 fully saturated rings. The van der Waals surface area contributed by atoms with E-state index in [1.54, 1.807) is 20.1 Å². The summed E-state index contributed by atoms with van der Waals surface area (Å²) in [5.74, 6) is -1.04. The van der Waals surface area contributed by atoms with Crippen LogP contribution in [0, 0.1) is 11.6 Å². The molecule has 0 aliphatic rings. The number of ether oxygens (including phenoxy) is 2. The number of hydrogen-bond acceptors (Lipinski definition) is 3. The Labute approximate surface area is 157 Å². The summed E-state index contributed by atoms with van der Waals surface area (Å²) in [7, 11) is 1.60. The Bertz CT molecular complexity index is 912. The Morgan fingerprint density at radius 3 is 2.15 bits per heavy atom. The lowest BCUT2D eigenvalue weighted by Gasteiger charge is -2.24. The molecule has 0 heterocycles. The molecule has 3 nitrogen and oxygen atoms in total. The van der Waals surface area contributed by atoms with Gasteiger partial charge in [0.25, 0.3) is 0 Å². The highest BCUT2D eigenvalue weighted by atomic mass is 19.2. The third-order valence-electron chi connectivity index (χ3n) is 4.39. The molecule has 0 saturated carbocycles. The lowest BCUT2D eigenvalue weighted by atomic mass is 10.00. The minimum atomic E-state index is -0.895. The fraction of sp³-hybridized carbons (Fsp3) is 0.182. The van der Waals surface area contributed by atoms with Crippen molar-refractivity contribution in [2.75, 3.05) is 12.8 Å². The Balaban J connectivity index is 1.94. The number of nitrogen functional groups attached to an aromatic ring is 1. The molecule has 3 aromatic rings. The second-order valence-corrected chi connectivity index (χ2v) is 6.28. The molecule has 0 amide bonds. The average Bonchev–Trinajstić information content (AvgIpc) is 2.68. The van der Waals surface area contributed by atoms with Crippen LogP contribution in [0.2, 0.25) is 0 Å². The van der Waals surface area contributed by atoms with Crippen molar-refractivity contribution >= 4 is 5.69 Å². The fourth-order valence-electron chi connectivity index (χ4n) is 2.90. The SMILES string of the molecule is COc1ccc(C(OC(C)c2ccc(F)c(F)c2)c2cccc(N)c2)cc1. The van der Waals surface area contributed by atoms with Crippen LogP contribution in [0.4, 0.5) is 14.5 Å². The molecular weight excluding hydrogens is 348 g/mol. The summed E-state index contributed by atoms with van der Waals surface area (Å²) in [4.78, 5) is 0. The molecule has 5 heteroatoms. The quantitative estimate of drug-likeness (QED) is 0.590. The number of hydrogen-bond donors (Lipinski definition) is 1. The molecule has 0 aliphatic heterocycles. The van der Waals surface area contributed by atoms with Crippen LogP contribution in [-0.2, 0) is 4.74 Å². The van der Waals surface area contributed by atoms with Gasteiger partial charge in [0, 0.05) is 5.69 Å². The topological polar surface area (TPSA) is 44.5 Å². The van der Waals surface area contributed by atoms with Gasteiger partial charge in [-0.15, -0.1) is 0 Å². The molecule has 2 unspecified atom stereocenters. The highest BCUT2D eigenvalue weighted by molar-refractivity contribution is 5.44. The Hall–Kier alpha value is -2.92. The number of nitrogens with two attached hydrogens (primary N) is 1. The molecule has 0 saturated heterocycles. The van der Waals surface area contributed by atoms with Crippen LogP contribution in [0.3, 0.4) is 0 Å². The van der Waals surface area contributed by atoms with Crippen LogP contribution in [0.5, 0.6) is 5.75 Å². The van der Waals surface area contributed by atoms with Gasteiger partial charge in [0.05, 0.1) is 13.2 Å². The van der Waals surface area contributed by atoms with Gasteiger partial charge < -0.3 is 15.2 Å². The van der Waals surface area contributed by atoms with Gasteiger partial charge in [-0.25, -0.2) is 8.78 Å². The minimum absolute atomic E-state index is 0.428.